The molecule has 0 spiro atoms. The lowest BCUT2D eigenvalue weighted by Crippen LogP contribution is -2.20. The molecule has 0 aliphatic carbocycles. The molecule has 4 rings (SSSR count). The lowest BCUT2D eigenvalue weighted by atomic mass is 10.2. The van der Waals surface area contributed by atoms with Gasteiger partial charge in [-0.1, -0.05) is 17.7 Å². The minimum atomic E-state index is -0.389. The van der Waals surface area contributed by atoms with Gasteiger partial charge in [0.2, 0.25) is 0 Å². The van der Waals surface area contributed by atoms with Gasteiger partial charge in [-0.2, -0.15) is 0 Å². The number of amides is 2. The zero-order valence-corrected chi connectivity index (χ0v) is 17.9. The average Bonchev–Trinajstić information content (AvgIpc) is 3.14. The molecule has 0 radical (unpaired) electrons. The van der Waals surface area contributed by atoms with Crippen molar-refractivity contribution in [1.29, 1.82) is 0 Å². The number of carbonyl (C=O) groups excluding carboxylic acids is 1. The van der Waals surface area contributed by atoms with Gasteiger partial charge in [0.25, 0.3) is 0 Å². The summed E-state index contributed by atoms with van der Waals surface area (Å²) in [6, 6.07) is 14.6. The summed E-state index contributed by atoms with van der Waals surface area (Å²) < 4.78 is 7.45. The average molecular weight is 436 g/mol. The maximum Gasteiger partial charge on any atom is 0.323 e. The summed E-state index contributed by atoms with van der Waals surface area (Å²) in [7, 11) is 1.55. The largest absolute Gasteiger partial charge is 0.495 e. The summed E-state index contributed by atoms with van der Waals surface area (Å²) in [5, 5.41) is 7.19. The van der Waals surface area contributed by atoms with E-state index in [1.807, 2.05) is 49.5 Å². The van der Waals surface area contributed by atoms with Crippen LogP contribution >= 0.6 is 11.6 Å². The van der Waals surface area contributed by atoms with Crippen LogP contribution in [-0.4, -0.2) is 22.7 Å². The topological polar surface area (TPSA) is 94.2 Å². The van der Waals surface area contributed by atoms with Crippen LogP contribution in [0.1, 0.15) is 11.1 Å². The molecule has 0 atom stereocenters. The van der Waals surface area contributed by atoms with Gasteiger partial charge in [-0.15, -0.1) is 0 Å². The van der Waals surface area contributed by atoms with Gasteiger partial charge < -0.3 is 25.7 Å². The highest BCUT2D eigenvalue weighted by molar-refractivity contribution is 6.31. The highest BCUT2D eigenvalue weighted by Gasteiger charge is 2.13. The molecular weight excluding hydrogens is 414 g/mol. The van der Waals surface area contributed by atoms with Crippen LogP contribution in [0.25, 0.3) is 10.9 Å². The fraction of sp³-hybridized carbons (Fsp3) is 0.130. The van der Waals surface area contributed by atoms with E-state index in [1.54, 1.807) is 25.4 Å². The van der Waals surface area contributed by atoms with Crippen LogP contribution in [0.3, 0.4) is 0 Å². The van der Waals surface area contributed by atoms with Gasteiger partial charge in [-0.05, 0) is 60.5 Å². The smallest absolute Gasteiger partial charge is 0.323 e. The molecule has 0 fully saturated rings. The first-order valence-corrected chi connectivity index (χ1v) is 10.0. The van der Waals surface area contributed by atoms with E-state index in [1.165, 1.54) is 0 Å². The van der Waals surface area contributed by atoms with E-state index in [2.05, 4.69) is 20.2 Å². The lowest BCUT2D eigenvalue weighted by Gasteiger charge is -2.13. The molecule has 2 heterocycles. The Bertz CT molecular complexity index is 1270. The maximum absolute atomic E-state index is 12.7. The summed E-state index contributed by atoms with van der Waals surface area (Å²) in [5.41, 5.74) is 9.88. The van der Waals surface area contributed by atoms with Gasteiger partial charge in [0, 0.05) is 29.3 Å². The molecule has 4 aromatic rings. The Hall–Kier alpha value is -3.71. The molecule has 8 heteroatoms. The van der Waals surface area contributed by atoms with Gasteiger partial charge in [0.05, 0.1) is 24.0 Å². The van der Waals surface area contributed by atoms with E-state index >= 15 is 0 Å². The van der Waals surface area contributed by atoms with E-state index in [-0.39, 0.29) is 6.03 Å². The number of rotatable bonds is 5. The Morgan fingerprint density at radius 3 is 2.74 bits per heavy atom. The maximum atomic E-state index is 12.7. The van der Waals surface area contributed by atoms with Crippen molar-refractivity contribution in [2.75, 3.05) is 23.5 Å². The second kappa shape index (κ2) is 8.57. The van der Waals surface area contributed by atoms with Gasteiger partial charge >= 0.3 is 6.03 Å². The second-order valence-corrected chi connectivity index (χ2v) is 7.56. The number of nitrogen functional groups attached to an aromatic ring is 1. The van der Waals surface area contributed by atoms with Gasteiger partial charge in [-0.3, -0.25) is 0 Å². The monoisotopic (exact) mass is 435 g/mol. The quantitative estimate of drug-likeness (QED) is 0.397. The minimum absolute atomic E-state index is 0.389. The van der Waals surface area contributed by atoms with Gasteiger partial charge in [0.1, 0.15) is 11.6 Å². The number of fused-ring (bicyclic) bond motifs is 1. The van der Waals surface area contributed by atoms with E-state index in [0.29, 0.717) is 34.5 Å². The number of anilines is 3. The van der Waals surface area contributed by atoms with Crippen molar-refractivity contribution >= 4 is 45.7 Å². The van der Waals surface area contributed by atoms with Crippen LogP contribution < -0.4 is 21.1 Å². The number of ether oxygens (including phenoxy) is 1. The van der Waals surface area contributed by atoms with Crippen LogP contribution in [-0.2, 0) is 6.54 Å². The Kier molecular flexibility index (Phi) is 5.68. The van der Waals surface area contributed by atoms with Crippen molar-refractivity contribution in [3.8, 4) is 5.75 Å². The fourth-order valence-corrected chi connectivity index (χ4v) is 3.62. The molecule has 0 aliphatic rings. The predicted molar refractivity (Wildman–Crippen MR) is 125 cm³/mol. The van der Waals surface area contributed by atoms with E-state index in [0.717, 1.165) is 22.0 Å². The third-order valence-corrected chi connectivity index (χ3v) is 5.40. The Morgan fingerprint density at radius 1 is 1.16 bits per heavy atom. The van der Waals surface area contributed by atoms with Crippen molar-refractivity contribution in [1.82, 2.24) is 9.55 Å². The molecule has 0 saturated heterocycles. The zero-order chi connectivity index (χ0) is 22.0. The summed E-state index contributed by atoms with van der Waals surface area (Å²) >= 11 is 6.20. The number of urea groups is 1. The minimum Gasteiger partial charge on any atom is -0.495 e. The Balaban J connectivity index is 1.56. The fourth-order valence-electron chi connectivity index (χ4n) is 3.46. The zero-order valence-electron chi connectivity index (χ0n) is 17.1. The van der Waals surface area contributed by atoms with Crippen molar-refractivity contribution < 1.29 is 9.53 Å². The number of benzene rings is 2. The van der Waals surface area contributed by atoms with Crippen LogP contribution in [0.2, 0.25) is 5.02 Å². The standard InChI is InChI=1S/C23H22ClN5O2/c1-14-10-21(31-2)19(12-17(14)24)28-23(30)27-18-4-3-5-20-16(18)7-9-29(20)13-15-6-8-26-22(25)11-15/h3-12H,13H2,1-2H3,(H2,25,26)(H2,27,28,30). The summed E-state index contributed by atoms with van der Waals surface area (Å²) in [5.74, 6) is 1.03. The molecule has 0 saturated carbocycles. The summed E-state index contributed by atoms with van der Waals surface area (Å²) in [4.78, 5) is 16.7. The number of hydrogen-bond donors (Lipinski definition) is 3. The number of halogens is 1. The van der Waals surface area contributed by atoms with Gasteiger partial charge in [-0.25, -0.2) is 9.78 Å². The normalized spacial score (nSPS) is 10.8. The predicted octanol–water partition coefficient (Wildman–Crippen LogP) is 5.28. The number of carbonyl (C=O) groups is 1. The number of nitrogens with one attached hydrogen (secondary N) is 2. The second-order valence-electron chi connectivity index (χ2n) is 7.15. The Morgan fingerprint density at radius 2 is 1.97 bits per heavy atom. The molecule has 7 nitrogen and oxygen atoms in total. The lowest BCUT2D eigenvalue weighted by molar-refractivity contribution is 0.262. The number of aromatic nitrogens is 2. The van der Waals surface area contributed by atoms with Crippen LogP contribution in [0, 0.1) is 6.92 Å². The number of aryl methyl sites for hydroxylation is 1. The number of nitrogens with two attached hydrogens (primary N) is 1. The highest BCUT2D eigenvalue weighted by Crippen LogP contribution is 2.31. The van der Waals surface area contributed by atoms with Gasteiger partial charge in [0.15, 0.2) is 0 Å². The molecule has 2 aromatic carbocycles. The Labute approximate surface area is 184 Å². The third-order valence-electron chi connectivity index (χ3n) is 4.99. The number of hydrogen-bond acceptors (Lipinski definition) is 4. The number of methoxy groups -OCH3 is 1. The first-order valence-electron chi connectivity index (χ1n) is 9.65. The molecule has 2 aromatic heterocycles. The van der Waals surface area contributed by atoms with Crippen molar-refractivity contribution in [2.45, 2.75) is 13.5 Å². The molecule has 0 unspecified atom stereocenters. The molecule has 0 bridgehead atoms. The van der Waals surface area contributed by atoms with Crippen LogP contribution in [0.5, 0.6) is 5.75 Å². The highest BCUT2D eigenvalue weighted by atomic mass is 35.5. The van der Waals surface area contributed by atoms with E-state index < -0.39 is 0 Å². The van der Waals surface area contributed by atoms with Crippen molar-refractivity contribution in [3.63, 3.8) is 0 Å². The molecule has 2 amide bonds. The molecule has 31 heavy (non-hydrogen) atoms. The first-order chi connectivity index (χ1) is 14.9. The van der Waals surface area contributed by atoms with Crippen molar-refractivity contribution in [2.24, 2.45) is 0 Å². The number of pyridine rings is 1. The summed E-state index contributed by atoms with van der Waals surface area (Å²) in [6.45, 7) is 2.52. The summed E-state index contributed by atoms with van der Waals surface area (Å²) in [6.07, 6.45) is 3.67. The van der Waals surface area contributed by atoms with Crippen LogP contribution in [0.15, 0.2) is 60.9 Å². The molecule has 4 N–H and O–H groups in total. The molecule has 158 valence electrons. The van der Waals surface area contributed by atoms with E-state index in [9.17, 15) is 4.79 Å². The SMILES string of the molecule is COc1cc(C)c(Cl)cc1NC(=O)Nc1cccc2c1ccn2Cc1ccnc(N)c1. The molecule has 0 aliphatic heterocycles. The van der Waals surface area contributed by atoms with Crippen LogP contribution in [0.4, 0.5) is 22.0 Å². The first kappa shape index (κ1) is 20.6. The van der Waals surface area contributed by atoms with E-state index in [4.69, 9.17) is 22.1 Å². The molecular formula is C23H22ClN5O2. The number of nitrogens with zero attached hydrogens (tertiary/aromatic N) is 2. The third kappa shape index (κ3) is 4.41. The van der Waals surface area contributed by atoms with Crippen molar-refractivity contribution in [3.05, 3.63) is 77.1 Å².